The second-order valence-electron chi connectivity index (χ2n) is 7.97. The van der Waals surface area contributed by atoms with Gasteiger partial charge in [-0.3, -0.25) is 20.2 Å². The van der Waals surface area contributed by atoms with Gasteiger partial charge in [-0.25, -0.2) is 15.0 Å². The summed E-state index contributed by atoms with van der Waals surface area (Å²) in [6, 6.07) is 8.51. The smallest absolute Gasteiger partial charge is 0.276 e. The number of pyridine rings is 1. The van der Waals surface area contributed by atoms with Gasteiger partial charge < -0.3 is 14.7 Å². The molecule has 33 heavy (non-hydrogen) atoms. The summed E-state index contributed by atoms with van der Waals surface area (Å²) in [5.41, 5.74) is 1.63. The molecule has 0 spiro atoms. The van der Waals surface area contributed by atoms with E-state index >= 15 is 0 Å². The van der Waals surface area contributed by atoms with Crippen LogP contribution in [0.25, 0.3) is 11.0 Å². The number of carbonyl (C=O) groups excluding carboxylic acids is 2. The fourth-order valence-corrected chi connectivity index (χ4v) is 3.95. The maximum absolute atomic E-state index is 12.6. The summed E-state index contributed by atoms with van der Waals surface area (Å²) in [4.78, 5) is 43.7. The number of carbonyl (C=O) groups is 2. The number of hydrogen-bond donors (Lipinski definition) is 4. The summed E-state index contributed by atoms with van der Waals surface area (Å²) < 4.78 is 5.80. The molecular weight excluding hydrogens is 422 g/mol. The van der Waals surface area contributed by atoms with Crippen LogP contribution in [0.15, 0.2) is 48.9 Å². The molecule has 168 valence electrons. The zero-order chi connectivity index (χ0) is 22.6. The van der Waals surface area contributed by atoms with Crippen molar-refractivity contribution in [2.24, 2.45) is 5.92 Å². The molecule has 10 heteroatoms. The minimum atomic E-state index is -0.419. The number of amides is 2. The quantitative estimate of drug-likeness (QED) is 0.342. The van der Waals surface area contributed by atoms with Crippen LogP contribution in [0.2, 0.25) is 0 Å². The summed E-state index contributed by atoms with van der Waals surface area (Å²) in [5, 5.41) is 5.37. The summed E-state index contributed by atoms with van der Waals surface area (Å²) in [6.45, 7) is 0.683. The summed E-state index contributed by atoms with van der Waals surface area (Å²) >= 11 is 0. The number of rotatable bonds is 7. The van der Waals surface area contributed by atoms with E-state index in [1.54, 1.807) is 48.9 Å². The predicted molar refractivity (Wildman–Crippen MR) is 122 cm³/mol. The second kappa shape index (κ2) is 9.11. The van der Waals surface area contributed by atoms with Crippen LogP contribution < -0.4 is 15.4 Å². The fraction of sp³-hybridized carbons (Fsp3) is 0.261. The summed E-state index contributed by atoms with van der Waals surface area (Å²) in [5.74, 6) is 1.02. The Hall–Kier alpha value is -4.21. The van der Waals surface area contributed by atoms with E-state index in [4.69, 9.17) is 4.74 Å². The van der Waals surface area contributed by atoms with Crippen molar-refractivity contribution in [1.29, 1.82) is 0 Å². The van der Waals surface area contributed by atoms with E-state index in [2.05, 4.69) is 35.6 Å². The molecule has 3 aromatic heterocycles. The lowest BCUT2D eigenvalue weighted by atomic mass is 10.1. The maximum atomic E-state index is 12.6. The molecule has 1 aliphatic carbocycles. The van der Waals surface area contributed by atoms with E-state index in [0.29, 0.717) is 40.8 Å². The third-order valence-corrected chi connectivity index (χ3v) is 5.65. The number of nitrogens with one attached hydrogen (secondary N) is 4. The minimum absolute atomic E-state index is 0.219. The Morgan fingerprint density at radius 3 is 2.64 bits per heavy atom. The summed E-state index contributed by atoms with van der Waals surface area (Å²) in [7, 11) is 0. The molecular formula is C23H23N7O3. The zero-order valence-corrected chi connectivity index (χ0v) is 17.8. The van der Waals surface area contributed by atoms with Gasteiger partial charge >= 0.3 is 0 Å². The molecule has 10 nitrogen and oxygen atoms in total. The number of fused-ring (bicyclic) bond motifs is 1. The Labute approximate surface area is 189 Å². The maximum Gasteiger partial charge on any atom is 0.276 e. The number of aromatic amines is 2. The molecule has 0 aliphatic heterocycles. The molecule has 2 amide bonds. The first-order valence-electron chi connectivity index (χ1n) is 10.9. The number of nitrogens with zero attached hydrogens (tertiary/aromatic N) is 3. The molecule has 4 aromatic rings. The van der Waals surface area contributed by atoms with Gasteiger partial charge in [0.05, 0.1) is 23.9 Å². The number of benzene rings is 1. The first kappa shape index (κ1) is 20.7. The van der Waals surface area contributed by atoms with Gasteiger partial charge in [-0.15, -0.1) is 0 Å². The van der Waals surface area contributed by atoms with Gasteiger partial charge in [-0.05, 0) is 43.0 Å². The fourth-order valence-electron chi connectivity index (χ4n) is 3.95. The highest BCUT2D eigenvalue weighted by atomic mass is 16.5. The van der Waals surface area contributed by atoms with Crippen LogP contribution in [0.4, 0.5) is 11.9 Å². The predicted octanol–water partition coefficient (Wildman–Crippen LogP) is 3.75. The van der Waals surface area contributed by atoms with E-state index in [0.717, 1.165) is 0 Å². The molecule has 0 unspecified atom stereocenters. The molecule has 1 fully saturated rings. The Balaban J connectivity index is 1.26. The standard InChI is InChI=1S/C23H23N7O3/c31-20(29-22-24-10-11-25-22)16-6-3-7-17-19(16)28-23(27-17)30-21(32)18-9-8-15(12-26-18)33-13-14-4-1-2-5-14/h3,6-12,14H,1-2,4-5,13H2,(H2,24,25,29,31)(H2,27,28,30,32). The largest absolute Gasteiger partial charge is 0.492 e. The topological polar surface area (TPSA) is 138 Å². The van der Waals surface area contributed by atoms with Crippen molar-refractivity contribution in [1.82, 2.24) is 24.9 Å². The SMILES string of the molecule is O=C(Nc1nc2c(C(=O)Nc3ncc[nH]3)cccc2[nH]1)c1ccc(OCC2CCCC2)cn1. The number of imidazole rings is 2. The van der Waals surface area contributed by atoms with E-state index in [9.17, 15) is 9.59 Å². The van der Waals surface area contributed by atoms with E-state index in [-0.39, 0.29) is 17.5 Å². The highest BCUT2D eigenvalue weighted by Gasteiger charge is 2.18. The molecule has 0 atom stereocenters. The van der Waals surface area contributed by atoms with Crippen molar-refractivity contribution in [2.45, 2.75) is 25.7 Å². The van der Waals surface area contributed by atoms with Crippen molar-refractivity contribution in [3.63, 3.8) is 0 Å². The lowest BCUT2D eigenvalue weighted by molar-refractivity contribution is 0.101. The van der Waals surface area contributed by atoms with E-state index in [1.807, 2.05) is 0 Å². The molecule has 0 saturated heterocycles. The molecule has 1 aliphatic rings. The van der Waals surface area contributed by atoms with Gasteiger partial charge in [0, 0.05) is 12.4 Å². The van der Waals surface area contributed by atoms with Crippen molar-refractivity contribution in [3.05, 3.63) is 60.2 Å². The molecule has 0 radical (unpaired) electrons. The van der Waals surface area contributed by atoms with Crippen molar-refractivity contribution in [2.75, 3.05) is 17.2 Å². The van der Waals surface area contributed by atoms with Gasteiger partial charge in [-0.1, -0.05) is 18.9 Å². The van der Waals surface area contributed by atoms with Crippen LogP contribution in [0.3, 0.4) is 0 Å². The Morgan fingerprint density at radius 1 is 1.03 bits per heavy atom. The second-order valence-corrected chi connectivity index (χ2v) is 7.97. The van der Waals surface area contributed by atoms with Gasteiger partial charge in [0.15, 0.2) is 0 Å². The Morgan fingerprint density at radius 2 is 1.88 bits per heavy atom. The molecule has 1 saturated carbocycles. The number of H-pyrrole nitrogens is 2. The van der Waals surface area contributed by atoms with Crippen molar-refractivity contribution < 1.29 is 14.3 Å². The third kappa shape index (κ3) is 4.69. The summed E-state index contributed by atoms with van der Waals surface area (Å²) in [6.07, 6.45) is 9.66. The molecule has 4 N–H and O–H groups in total. The number of anilines is 2. The lowest BCUT2D eigenvalue weighted by Crippen LogP contribution is -2.15. The van der Waals surface area contributed by atoms with Crippen molar-refractivity contribution >= 4 is 34.7 Å². The highest BCUT2D eigenvalue weighted by molar-refractivity contribution is 6.11. The van der Waals surface area contributed by atoms with Crippen LogP contribution in [-0.4, -0.2) is 43.3 Å². The minimum Gasteiger partial charge on any atom is -0.492 e. The Kier molecular flexibility index (Phi) is 5.71. The number of ether oxygens (including phenoxy) is 1. The van der Waals surface area contributed by atoms with Crippen LogP contribution >= 0.6 is 0 Å². The molecule has 1 aromatic carbocycles. The van der Waals surface area contributed by atoms with E-state index < -0.39 is 5.91 Å². The van der Waals surface area contributed by atoms with Gasteiger partial charge in [-0.2, -0.15) is 0 Å². The average molecular weight is 445 g/mol. The number of hydrogen-bond acceptors (Lipinski definition) is 6. The third-order valence-electron chi connectivity index (χ3n) is 5.65. The first-order chi connectivity index (χ1) is 16.2. The van der Waals surface area contributed by atoms with Gasteiger partial charge in [0.1, 0.15) is 17.0 Å². The average Bonchev–Trinajstić information content (AvgIpc) is 3.59. The zero-order valence-electron chi connectivity index (χ0n) is 17.8. The van der Waals surface area contributed by atoms with Gasteiger partial charge in [0.2, 0.25) is 11.9 Å². The van der Waals surface area contributed by atoms with Gasteiger partial charge in [0.25, 0.3) is 11.8 Å². The van der Waals surface area contributed by atoms with Crippen LogP contribution in [-0.2, 0) is 0 Å². The monoisotopic (exact) mass is 445 g/mol. The molecule has 5 rings (SSSR count). The molecule has 0 bridgehead atoms. The highest BCUT2D eigenvalue weighted by Crippen LogP contribution is 2.25. The number of aromatic nitrogens is 5. The van der Waals surface area contributed by atoms with Crippen molar-refractivity contribution in [3.8, 4) is 5.75 Å². The van der Waals surface area contributed by atoms with Crippen LogP contribution in [0.1, 0.15) is 46.5 Å². The molecule has 3 heterocycles. The number of para-hydroxylation sites is 1. The Bertz CT molecular complexity index is 1260. The normalized spacial score (nSPS) is 13.8. The van der Waals surface area contributed by atoms with Crippen LogP contribution in [0.5, 0.6) is 5.75 Å². The van der Waals surface area contributed by atoms with E-state index in [1.165, 1.54) is 25.7 Å². The lowest BCUT2D eigenvalue weighted by Gasteiger charge is -2.11. The first-order valence-corrected chi connectivity index (χ1v) is 10.9. The van der Waals surface area contributed by atoms with Crippen LogP contribution in [0, 0.1) is 5.92 Å².